The number of carbonyl (C=O) groups is 1. The van der Waals surface area contributed by atoms with Crippen LogP contribution in [0.1, 0.15) is 56.3 Å². The Balaban J connectivity index is 1.62. The molecule has 0 saturated carbocycles. The van der Waals surface area contributed by atoms with E-state index in [1.807, 2.05) is 23.1 Å². The average Bonchev–Trinajstić information content (AvgIpc) is 3.26. The number of unbranched alkanes of at least 4 members (excludes halogenated alkanes) is 3. The van der Waals surface area contributed by atoms with Gasteiger partial charge in [0.2, 0.25) is 5.91 Å². The zero-order valence-electron chi connectivity index (χ0n) is 16.9. The molecule has 0 aliphatic carbocycles. The van der Waals surface area contributed by atoms with Crippen LogP contribution in [-0.2, 0) is 11.3 Å². The number of hydrogen-bond donors (Lipinski definition) is 0. The van der Waals surface area contributed by atoms with Crippen LogP contribution >= 0.6 is 0 Å². The fraction of sp³-hybridized carbons (Fsp3) is 0.417. The Bertz CT molecular complexity index is 975. The molecule has 0 radical (unpaired) electrons. The molecule has 1 aromatic heterocycles. The third kappa shape index (κ3) is 3.68. The highest BCUT2D eigenvalue weighted by Crippen LogP contribution is 2.33. The molecule has 1 amide bonds. The fourth-order valence-corrected chi connectivity index (χ4v) is 4.26. The van der Waals surface area contributed by atoms with Gasteiger partial charge in [0.05, 0.1) is 11.0 Å². The number of imidazole rings is 1. The predicted octanol–water partition coefficient (Wildman–Crippen LogP) is 5.45. The van der Waals surface area contributed by atoms with E-state index >= 15 is 0 Å². The van der Waals surface area contributed by atoms with Crippen LogP contribution in [0.2, 0.25) is 0 Å². The molecule has 4 rings (SSSR count). The lowest BCUT2D eigenvalue weighted by molar-refractivity contribution is -0.117. The Morgan fingerprint density at radius 3 is 2.75 bits per heavy atom. The van der Waals surface area contributed by atoms with Gasteiger partial charge in [-0.05, 0) is 43.2 Å². The van der Waals surface area contributed by atoms with Crippen LogP contribution in [0.15, 0.2) is 48.5 Å². The number of benzene rings is 2. The van der Waals surface area contributed by atoms with Crippen LogP contribution in [0, 0.1) is 6.92 Å². The summed E-state index contributed by atoms with van der Waals surface area (Å²) >= 11 is 0. The summed E-state index contributed by atoms with van der Waals surface area (Å²) < 4.78 is 2.36. The summed E-state index contributed by atoms with van der Waals surface area (Å²) in [5.41, 5.74) is 4.40. The van der Waals surface area contributed by atoms with Gasteiger partial charge in [0.1, 0.15) is 5.82 Å². The maximum Gasteiger partial charge on any atom is 0.227 e. The maximum atomic E-state index is 12.8. The molecule has 1 unspecified atom stereocenters. The van der Waals surface area contributed by atoms with Gasteiger partial charge < -0.3 is 9.47 Å². The molecular weight excluding hydrogens is 346 g/mol. The smallest absolute Gasteiger partial charge is 0.227 e. The van der Waals surface area contributed by atoms with Crippen molar-refractivity contribution in [2.75, 3.05) is 11.4 Å². The lowest BCUT2D eigenvalue weighted by Gasteiger charge is -2.18. The zero-order chi connectivity index (χ0) is 19.5. The molecule has 28 heavy (non-hydrogen) atoms. The topological polar surface area (TPSA) is 38.1 Å². The molecule has 4 heteroatoms. The number of para-hydroxylation sites is 2. The van der Waals surface area contributed by atoms with Crippen molar-refractivity contribution in [3.63, 3.8) is 0 Å². The van der Waals surface area contributed by atoms with Gasteiger partial charge in [0.15, 0.2) is 0 Å². The first-order valence-electron chi connectivity index (χ1n) is 10.5. The highest BCUT2D eigenvalue weighted by atomic mass is 16.2. The lowest BCUT2D eigenvalue weighted by atomic mass is 10.1. The third-order valence-electron chi connectivity index (χ3n) is 5.72. The van der Waals surface area contributed by atoms with Crippen molar-refractivity contribution in [2.45, 2.75) is 58.4 Å². The second kappa shape index (κ2) is 8.17. The predicted molar refractivity (Wildman–Crippen MR) is 115 cm³/mol. The Hall–Kier alpha value is -2.62. The number of anilines is 1. The van der Waals surface area contributed by atoms with Gasteiger partial charge in [0, 0.05) is 31.1 Å². The van der Waals surface area contributed by atoms with E-state index in [-0.39, 0.29) is 11.8 Å². The first kappa shape index (κ1) is 18.7. The second-order valence-electron chi connectivity index (χ2n) is 7.92. The minimum atomic E-state index is 0.145. The van der Waals surface area contributed by atoms with Crippen molar-refractivity contribution in [3.8, 4) is 0 Å². The molecule has 0 bridgehead atoms. The summed E-state index contributed by atoms with van der Waals surface area (Å²) in [5, 5.41) is 0. The summed E-state index contributed by atoms with van der Waals surface area (Å²) in [6.45, 7) is 5.99. The summed E-state index contributed by atoms with van der Waals surface area (Å²) in [5.74, 6) is 1.41. The number of aromatic nitrogens is 2. The number of fused-ring (bicyclic) bond motifs is 1. The number of carbonyl (C=O) groups excluding carboxylic acids is 1. The van der Waals surface area contributed by atoms with Crippen LogP contribution < -0.4 is 4.90 Å². The summed E-state index contributed by atoms with van der Waals surface area (Å²) in [6, 6.07) is 16.6. The van der Waals surface area contributed by atoms with Crippen molar-refractivity contribution in [1.29, 1.82) is 0 Å². The number of hydrogen-bond acceptors (Lipinski definition) is 2. The molecule has 1 fully saturated rings. The molecule has 146 valence electrons. The van der Waals surface area contributed by atoms with Gasteiger partial charge in [-0.2, -0.15) is 0 Å². The van der Waals surface area contributed by atoms with E-state index in [0.29, 0.717) is 13.0 Å². The van der Waals surface area contributed by atoms with Crippen LogP contribution in [0.25, 0.3) is 11.0 Å². The first-order chi connectivity index (χ1) is 13.7. The van der Waals surface area contributed by atoms with Crippen molar-refractivity contribution >= 4 is 22.6 Å². The Kier molecular flexibility index (Phi) is 5.47. The monoisotopic (exact) mass is 375 g/mol. The number of aryl methyl sites for hydroxylation is 2. The van der Waals surface area contributed by atoms with E-state index in [2.05, 4.69) is 48.7 Å². The van der Waals surface area contributed by atoms with E-state index in [1.54, 1.807) is 0 Å². The van der Waals surface area contributed by atoms with Crippen LogP contribution in [0.4, 0.5) is 5.69 Å². The largest absolute Gasteiger partial charge is 0.328 e. The zero-order valence-corrected chi connectivity index (χ0v) is 16.9. The van der Waals surface area contributed by atoms with Gasteiger partial charge in [-0.1, -0.05) is 50.5 Å². The van der Waals surface area contributed by atoms with Crippen molar-refractivity contribution in [1.82, 2.24) is 9.55 Å². The van der Waals surface area contributed by atoms with Gasteiger partial charge in [0.25, 0.3) is 0 Å². The number of rotatable bonds is 7. The molecule has 3 aromatic rings. The maximum absolute atomic E-state index is 12.8. The van der Waals surface area contributed by atoms with Gasteiger partial charge in [-0.25, -0.2) is 4.98 Å². The standard InChI is InChI=1S/C24H29N3O/c1-3-4-5-8-14-26-22-13-7-6-12-21(22)25-24(26)19-16-23(28)27(17-19)20-11-9-10-18(2)15-20/h6-7,9-13,15,19H,3-5,8,14,16-17H2,1-2H3. The van der Waals surface area contributed by atoms with Gasteiger partial charge >= 0.3 is 0 Å². The lowest BCUT2D eigenvalue weighted by Crippen LogP contribution is -2.24. The Labute approximate surface area is 167 Å². The van der Waals surface area contributed by atoms with E-state index < -0.39 is 0 Å². The molecular formula is C24H29N3O. The molecule has 0 N–H and O–H groups in total. The molecule has 1 aliphatic rings. The van der Waals surface area contributed by atoms with Crippen molar-refractivity contribution in [2.24, 2.45) is 0 Å². The fourth-order valence-electron chi connectivity index (χ4n) is 4.26. The van der Waals surface area contributed by atoms with Crippen molar-refractivity contribution < 1.29 is 4.79 Å². The van der Waals surface area contributed by atoms with Crippen molar-refractivity contribution in [3.05, 3.63) is 59.9 Å². The van der Waals surface area contributed by atoms with Crippen LogP contribution in [0.3, 0.4) is 0 Å². The SMILES string of the molecule is CCCCCCn1c(C2CC(=O)N(c3cccc(C)c3)C2)nc2ccccc21. The molecule has 1 aliphatic heterocycles. The molecule has 1 atom stereocenters. The third-order valence-corrected chi connectivity index (χ3v) is 5.72. The van der Waals surface area contributed by atoms with Gasteiger partial charge in [-0.3, -0.25) is 4.79 Å². The highest BCUT2D eigenvalue weighted by molar-refractivity contribution is 5.96. The van der Waals surface area contributed by atoms with E-state index in [1.165, 1.54) is 30.3 Å². The summed E-state index contributed by atoms with van der Waals surface area (Å²) in [4.78, 5) is 19.7. The van der Waals surface area contributed by atoms with Crippen LogP contribution in [0.5, 0.6) is 0 Å². The Morgan fingerprint density at radius 1 is 1.07 bits per heavy atom. The normalized spacial score (nSPS) is 17.0. The average molecular weight is 376 g/mol. The summed E-state index contributed by atoms with van der Waals surface area (Å²) in [7, 11) is 0. The highest BCUT2D eigenvalue weighted by Gasteiger charge is 2.34. The quantitative estimate of drug-likeness (QED) is 0.515. The van der Waals surface area contributed by atoms with E-state index in [9.17, 15) is 4.79 Å². The molecule has 1 saturated heterocycles. The van der Waals surface area contributed by atoms with Gasteiger partial charge in [-0.15, -0.1) is 0 Å². The first-order valence-corrected chi connectivity index (χ1v) is 10.5. The number of amides is 1. The molecule has 2 heterocycles. The minimum absolute atomic E-state index is 0.145. The minimum Gasteiger partial charge on any atom is -0.328 e. The molecule has 2 aromatic carbocycles. The molecule has 0 spiro atoms. The molecule has 4 nitrogen and oxygen atoms in total. The number of nitrogens with zero attached hydrogens (tertiary/aromatic N) is 3. The summed E-state index contributed by atoms with van der Waals surface area (Å²) in [6.07, 6.45) is 5.43. The second-order valence-corrected chi connectivity index (χ2v) is 7.92. The van der Waals surface area contributed by atoms with E-state index in [0.717, 1.165) is 30.0 Å². The Morgan fingerprint density at radius 2 is 1.93 bits per heavy atom. The van der Waals surface area contributed by atoms with Crippen LogP contribution in [-0.4, -0.2) is 22.0 Å². The van der Waals surface area contributed by atoms with E-state index in [4.69, 9.17) is 4.98 Å².